The maximum atomic E-state index is 12.5. The smallest absolute Gasteiger partial charge is 0.325 e. The first-order valence-electron chi connectivity index (χ1n) is 10.9. The summed E-state index contributed by atoms with van der Waals surface area (Å²) in [4.78, 5) is 30.1. The number of carboxylic acid groups (broad SMARTS) is 1. The minimum atomic E-state index is -0.818. The second-order valence-corrected chi connectivity index (χ2v) is 10.8. The van der Waals surface area contributed by atoms with E-state index in [2.05, 4.69) is 36.0 Å². The highest BCUT2D eigenvalue weighted by Crippen LogP contribution is 2.54. The molecule has 1 saturated carbocycles. The fourth-order valence-corrected chi connectivity index (χ4v) is 5.99. The van der Waals surface area contributed by atoms with Crippen molar-refractivity contribution in [3.63, 3.8) is 0 Å². The number of nitrogens with zero attached hydrogens (tertiary/aromatic N) is 1. The number of carbonyl (C=O) groups excluding carboxylic acids is 1. The van der Waals surface area contributed by atoms with E-state index in [0.717, 1.165) is 42.3 Å². The number of anilines is 1. The molecule has 3 atom stereocenters. The second-order valence-electron chi connectivity index (χ2n) is 10.8. The van der Waals surface area contributed by atoms with E-state index in [1.54, 1.807) is 0 Å². The predicted octanol–water partition coefficient (Wildman–Crippen LogP) is 4.79. The van der Waals surface area contributed by atoms with Gasteiger partial charge in [0.2, 0.25) is 5.91 Å². The van der Waals surface area contributed by atoms with Crippen LogP contribution < -0.4 is 5.32 Å². The summed E-state index contributed by atoms with van der Waals surface area (Å²) in [6, 6.07) is 5.22. The zero-order chi connectivity index (χ0) is 21.8. The number of aromatic amines is 1. The van der Waals surface area contributed by atoms with E-state index in [-0.39, 0.29) is 28.7 Å². The zero-order valence-electron chi connectivity index (χ0n) is 18.6. The van der Waals surface area contributed by atoms with Crippen LogP contribution in [0, 0.1) is 16.7 Å². The summed E-state index contributed by atoms with van der Waals surface area (Å²) in [6.45, 7) is 11.4. The summed E-state index contributed by atoms with van der Waals surface area (Å²) in [6.07, 6.45) is 5.02. The third-order valence-corrected chi connectivity index (χ3v) is 6.82. The summed E-state index contributed by atoms with van der Waals surface area (Å²) < 4.78 is 0. The fourth-order valence-electron chi connectivity index (χ4n) is 5.99. The van der Waals surface area contributed by atoms with Crippen LogP contribution in [0.2, 0.25) is 0 Å². The molecule has 3 N–H and O–H groups in total. The molecule has 1 aliphatic carbocycles. The van der Waals surface area contributed by atoms with Crippen molar-refractivity contribution in [3.8, 4) is 0 Å². The van der Waals surface area contributed by atoms with Crippen molar-refractivity contribution < 1.29 is 14.7 Å². The lowest BCUT2D eigenvalue weighted by Gasteiger charge is -2.40. The van der Waals surface area contributed by atoms with Crippen molar-refractivity contribution in [1.82, 2.24) is 9.88 Å². The van der Waals surface area contributed by atoms with E-state index >= 15 is 0 Å². The minimum Gasteiger partial charge on any atom is -0.480 e. The molecule has 2 fully saturated rings. The van der Waals surface area contributed by atoms with Crippen LogP contribution in [0.1, 0.15) is 65.5 Å². The number of amides is 1. The number of carboxylic acids is 1. The van der Waals surface area contributed by atoms with Gasteiger partial charge >= 0.3 is 5.97 Å². The summed E-state index contributed by atoms with van der Waals surface area (Å²) in [7, 11) is 0. The predicted molar refractivity (Wildman–Crippen MR) is 118 cm³/mol. The van der Waals surface area contributed by atoms with Crippen LogP contribution in [0.3, 0.4) is 0 Å². The van der Waals surface area contributed by atoms with Gasteiger partial charge in [0.1, 0.15) is 6.04 Å². The molecule has 0 radical (unpaired) electrons. The molecule has 1 aromatic heterocycles. The zero-order valence-corrected chi connectivity index (χ0v) is 18.6. The van der Waals surface area contributed by atoms with Crippen LogP contribution in [-0.4, -0.2) is 39.5 Å². The first kappa shape index (κ1) is 20.9. The molecule has 30 heavy (non-hydrogen) atoms. The lowest BCUT2D eigenvalue weighted by molar-refractivity contribution is -0.144. The first-order chi connectivity index (χ1) is 14.0. The highest BCUT2D eigenvalue weighted by Gasteiger charge is 2.52. The van der Waals surface area contributed by atoms with E-state index in [9.17, 15) is 14.7 Å². The van der Waals surface area contributed by atoms with Gasteiger partial charge in [-0.1, -0.05) is 34.6 Å². The topological polar surface area (TPSA) is 85.4 Å². The Kier molecular flexibility index (Phi) is 4.96. The van der Waals surface area contributed by atoms with Crippen LogP contribution in [0.5, 0.6) is 0 Å². The molecule has 1 saturated heterocycles. The average molecular weight is 412 g/mol. The molecule has 2 heterocycles. The van der Waals surface area contributed by atoms with E-state index in [1.165, 1.54) is 0 Å². The molecule has 6 heteroatoms. The third kappa shape index (κ3) is 3.73. The third-order valence-electron chi connectivity index (χ3n) is 6.82. The molecule has 1 aromatic carbocycles. The number of nitrogens with one attached hydrogen (secondary N) is 2. The van der Waals surface area contributed by atoms with Crippen molar-refractivity contribution in [3.05, 3.63) is 30.0 Å². The first-order valence-corrected chi connectivity index (χ1v) is 10.9. The summed E-state index contributed by atoms with van der Waals surface area (Å²) >= 11 is 0. The van der Waals surface area contributed by atoms with E-state index in [1.807, 2.05) is 38.2 Å². The largest absolute Gasteiger partial charge is 0.480 e. The van der Waals surface area contributed by atoms with Gasteiger partial charge in [0.25, 0.3) is 0 Å². The maximum Gasteiger partial charge on any atom is 0.325 e. The van der Waals surface area contributed by atoms with Crippen LogP contribution in [0.4, 0.5) is 5.69 Å². The Balaban J connectivity index is 1.72. The molecule has 162 valence electrons. The van der Waals surface area contributed by atoms with Crippen molar-refractivity contribution in [2.24, 2.45) is 16.7 Å². The lowest BCUT2D eigenvalue weighted by Crippen LogP contribution is -2.39. The Labute approximate surface area is 178 Å². The molecular formula is C24H33N3O3. The number of rotatable bonds is 5. The SMILES string of the molecule is CC(C)C(=O)Nc1ccc2[nH]cc([C@@H](C(=O)O)N3C[C@@]4(C)C[C@H]3CC(C)(C)C4)c2c1. The van der Waals surface area contributed by atoms with Crippen LogP contribution in [0.15, 0.2) is 24.4 Å². The van der Waals surface area contributed by atoms with Gasteiger partial charge in [-0.2, -0.15) is 0 Å². The molecule has 0 unspecified atom stereocenters. The van der Waals surface area contributed by atoms with Gasteiger partial charge in [-0.05, 0) is 48.3 Å². The molecular weight excluding hydrogens is 378 g/mol. The monoisotopic (exact) mass is 411 g/mol. The molecule has 2 bridgehead atoms. The highest BCUT2D eigenvalue weighted by molar-refractivity contribution is 5.96. The van der Waals surface area contributed by atoms with E-state index in [0.29, 0.717) is 5.69 Å². The van der Waals surface area contributed by atoms with Crippen molar-refractivity contribution >= 4 is 28.5 Å². The number of carbonyl (C=O) groups is 2. The average Bonchev–Trinajstić information content (AvgIpc) is 3.12. The molecule has 2 aromatic rings. The lowest BCUT2D eigenvalue weighted by atomic mass is 9.65. The number of hydrogen-bond donors (Lipinski definition) is 3. The van der Waals surface area contributed by atoms with Gasteiger partial charge in [0.15, 0.2) is 0 Å². The van der Waals surface area contributed by atoms with E-state index in [4.69, 9.17) is 0 Å². The van der Waals surface area contributed by atoms with Gasteiger partial charge in [-0.3, -0.25) is 14.5 Å². The summed E-state index contributed by atoms with van der Waals surface area (Å²) in [5.74, 6) is -0.989. The number of fused-ring (bicyclic) bond motifs is 3. The van der Waals surface area contributed by atoms with Gasteiger partial charge in [-0.15, -0.1) is 0 Å². The van der Waals surface area contributed by atoms with Gasteiger partial charge in [0.05, 0.1) is 0 Å². The number of aliphatic carboxylic acids is 1. The van der Waals surface area contributed by atoms with Crippen LogP contribution in [0.25, 0.3) is 10.9 Å². The van der Waals surface area contributed by atoms with Crippen LogP contribution in [-0.2, 0) is 9.59 Å². The Morgan fingerprint density at radius 2 is 1.97 bits per heavy atom. The van der Waals surface area contributed by atoms with Crippen molar-refractivity contribution in [2.45, 2.75) is 66.0 Å². The molecule has 1 aliphatic heterocycles. The molecule has 2 aliphatic rings. The standard InChI is InChI=1S/C24H33N3O3/c1-14(2)21(28)26-15-6-7-19-17(8-15)18(11-25-19)20(22(29)30)27-13-24(5)10-16(27)9-23(3,4)12-24/h6-8,11,14,16,20,25H,9-10,12-13H2,1-5H3,(H,26,28)(H,29,30)/t16-,20+,24+/m1/s1. The van der Waals surface area contributed by atoms with Gasteiger partial charge < -0.3 is 15.4 Å². The number of benzene rings is 1. The summed E-state index contributed by atoms with van der Waals surface area (Å²) in [5.41, 5.74) is 2.73. The number of aromatic nitrogens is 1. The normalized spacial score (nSPS) is 26.8. The fraction of sp³-hybridized carbons (Fsp3) is 0.583. The van der Waals surface area contributed by atoms with Gasteiger partial charge in [-0.25, -0.2) is 0 Å². The number of H-pyrrole nitrogens is 1. The number of hydrogen-bond acceptors (Lipinski definition) is 3. The molecule has 6 nitrogen and oxygen atoms in total. The highest BCUT2D eigenvalue weighted by atomic mass is 16.4. The molecule has 0 spiro atoms. The molecule has 1 amide bonds. The van der Waals surface area contributed by atoms with Crippen molar-refractivity contribution in [2.75, 3.05) is 11.9 Å². The quantitative estimate of drug-likeness (QED) is 0.660. The molecule has 4 rings (SSSR count). The van der Waals surface area contributed by atoms with Crippen molar-refractivity contribution in [1.29, 1.82) is 0 Å². The second kappa shape index (κ2) is 7.12. The Bertz CT molecular complexity index is 993. The minimum absolute atomic E-state index is 0.0512. The summed E-state index contributed by atoms with van der Waals surface area (Å²) in [5, 5.41) is 14.0. The Morgan fingerprint density at radius 1 is 1.23 bits per heavy atom. The van der Waals surface area contributed by atoms with Crippen LogP contribution >= 0.6 is 0 Å². The van der Waals surface area contributed by atoms with Gasteiger partial charge in [0, 0.05) is 46.9 Å². The van der Waals surface area contributed by atoms with E-state index < -0.39 is 12.0 Å². The Morgan fingerprint density at radius 3 is 2.63 bits per heavy atom. The number of likely N-dealkylation sites (tertiary alicyclic amines) is 1. The maximum absolute atomic E-state index is 12.5. The Hall–Kier alpha value is -2.34.